The highest BCUT2D eigenvalue weighted by Gasteiger charge is 2.48. The molecule has 0 saturated carbocycles. The van der Waals surface area contributed by atoms with E-state index in [-0.39, 0.29) is 28.3 Å². The minimum absolute atomic E-state index is 0.0677. The standard InChI is InChI=1S/C23H18N4O6/c1-2-33-17-9-7-14(8-10-17)20(28)18-19(15-5-3-6-16(13-15)27(31)32)26(22(30)21(18)29)23-24-11-4-12-25-23/h3-13,19,28H,2H2,1H3/b20-18+. The fourth-order valence-electron chi connectivity index (χ4n) is 3.61. The molecule has 1 atom stereocenters. The van der Waals surface area contributed by atoms with Gasteiger partial charge in [0, 0.05) is 30.1 Å². The van der Waals surface area contributed by atoms with E-state index in [2.05, 4.69) is 9.97 Å². The SMILES string of the molecule is CCOc1ccc(/C(O)=C2\C(=O)C(=O)N(c3ncccn3)C2c2cccc([N+](=O)[O-])c2)cc1. The van der Waals surface area contributed by atoms with Crippen LogP contribution in [0.1, 0.15) is 24.1 Å². The lowest BCUT2D eigenvalue weighted by molar-refractivity contribution is -0.384. The van der Waals surface area contributed by atoms with Crippen molar-refractivity contribution in [2.24, 2.45) is 0 Å². The van der Waals surface area contributed by atoms with Crippen LogP contribution in [0.15, 0.2) is 72.6 Å². The van der Waals surface area contributed by atoms with Crippen molar-refractivity contribution in [3.05, 3.63) is 93.8 Å². The van der Waals surface area contributed by atoms with E-state index in [0.717, 1.165) is 4.90 Å². The van der Waals surface area contributed by atoms with Crippen molar-refractivity contribution in [1.29, 1.82) is 0 Å². The highest BCUT2D eigenvalue weighted by Crippen LogP contribution is 2.41. The number of anilines is 1. The van der Waals surface area contributed by atoms with Gasteiger partial charge in [-0.05, 0) is 42.8 Å². The molecule has 10 heteroatoms. The molecule has 1 fully saturated rings. The fraction of sp³-hybridized carbons (Fsp3) is 0.130. The lowest BCUT2D eigenvalue weighted by Gasteiger charge is -2.23. The third kappa shape index (κ3) is 4.01. The number of carbonyl (C=O) groups is 2. The zero-order valence-electron chi connectivity index (χ0n) is 17.4. The number of nitro groups is 1. The number of aliphatic hydroxyl groups excluding tert-OH is 1. The molecular weight excluding hydrogens is 428 g/mol. The van der Waals surface area contributed by atoms with Crippen LogP contribution in [-0.2, 0) is 9.59 Å². The molecule has 1 amide bonds. The summed E-state index contributed by atoms with van der Waals surface area (Å²) in [6.07, 6.45) is 2.80. The number of ether oxygens (including phenoxy) is 1. The maximum atomic E-state index is 13.1. The second kappa shape index (κ2) is 8.87. The summed E-state index contributed by atoms with van der Waals surface area (Å²) in [5.74, 6) is -1.83. The summed E-state index contributed by atoms with van der Waals surface area (Å²) in [6, 6.07) is 12.2. The van der Waals surface area contributed by atoms with E-state index in [1.165, 1.54) is 36.7 Å². The minimum atomic E-state index is -1.17. The van der Waals surface area contributed by atoms with Gasteiger partial charge in [0.2, 0.25) is 5.95 Å². The molecule has 3 aromatic rings. The van der Waals surface area contributed by atoms with Gasteiger partial charge in [-0.15, -0.1) is 0 Å². The van der Waals surface area contributed by atoms with Crippen LogP contribution in [-0.4, -0.2) is 38.3 Å². The summed E-state index contributed by atoms with van der Waals surface area (Å²) in [4.78, 5) is 46.0. The number of hydrogen-bond acceptors (Lipinski definition) is 8. The molecule has 1 N–H and O–H groups in total. The molecule has 1 aliphatic heterocycles. The first-order valence-corrected chi connectivity index (χ1v) is 9.98. The Balaban J connectivity index is 1.91. The van der Waals surface area contributed by atoms with Gasteiger partial charge in [0.15, 0.2) is 0 Å². The first kappa shape index (κ1) is 21.6. The summed E-state index contributed by atoms with van der Waals surface area (Å²) in [5.41, 5.74) is 0.0782. The molecule has 1 unspecified atom stereocenters. The van der Waals surface area contributed by atoms with Gasteiger partial charge >= 0.3 is 5.91 Å². The number of rotatable bonds is 6. The third-order valence-corrected chi connectivity index (χ3v) is 5.05. The Hall–Kier alpha value is -4.60. The van der Waals surface area contributed by atoms with Crippen LogP contribution in [0.2, 0.25) is 0 Å². The monoisotopic (exact) mass is 446 g/mol. The summed E-state index contributed by atoms with van der Waals surface area (Å²) in [6.45, 7) is 2.29. The van der Waals surface area contributed by atoms with E-state index in [1.54, 1.807) is 30.3 Å². The van der Waals surface area contributed by atoms with Gasteiger partial charge in [0.25, 0.3) is 11.5 Å². The zero-order valence-corrected chi connectivity index (χ0v) is 17.4. The molecule has 0 spiro atoms. The van der Waals surface area contributed by atoms with Crippen molar-refractivity contribution >= 4 is 29.1 Å². The molecule has 1 saturated heterocycles. The fourth-order valence-corrected chi connectivity index (χ4v) is 3.61. The van der Waals surface area contributed by atoms with Gasteiger partial charge < -0.3 is 9.84 Å². The molecule has 10 nitrogen and oxygen atoms in total. The predicted molar refractivity (Wildman–Crippen MR) is 118 cm³/mol. The maximum absolute atomic E-state index is 13.1. The van der Waals surface area contributed by atoms with Gasteiger partial charge in [-0.3, -0.25) is 24.6 Å². The number of non-ortho nitro benzene ring substituents is 1. The van der Waals surface area contributed by atoms with Crippen molar-refractivity contribution in [3.8, 4) is 5.75 Å². The summed E-state index contributed by atoms with van der Waals surface area (Å²) < 4.78 is 5.40. The molecule has 33 heavy (non-hydrogen) atoms. The summed E-state index contributed by atoms with van der Waals surface area (Å²) >= 11 is 0. The summed E-state index contributed by atoms with van der Waals surface area (Å²) in [7, 11) is 0. The van der Waals surface area contributed by atoms with Crippen LogP contribution >= 0.6 is 0 Å². The van der Waals surface area contributed by atoms with E-state index >= 15 is 0 Å². The number of carbonyl (C=O) groups excluding carboxylic acids is 2. The number of hydrogen-bond donors (Lipinski definition) is 1. The van der Waals surface area contributed by atoms with Gasteiger partial charge in [0.1, 0.15) is 11.5 Å². The van der Waals surface area contributed by atoms with Crippen LogP contribution in [0.3, 0.4) is 0 Å². The van der Waals surface area contributed by atoms with Gasteiger partial charge in [0.05, 0.1) is 23.1 Å². The van der Waals surface area contributed by atoms with Gasteiger partial charge in [-0.25, -0.2) is 9.97 Å². The van der Waals surface area contributed by atoms with Crippen LogP contribution in [0.4, 0.5) is 11.6 Å². The third-order valence-electron chi connectivity index (χ3n) is 5.05. The van der Waals surface area contributed by atoms with Crippen molar-refractivity contribution in [2.75, 3.05) is 11.5 Å². The molecule has 1 aliphatic rings. The first-order chi connectivity index (χ1) is 15.9. The zero-order chi connectivity index (χ0) is 23.5. The van der Waals surface area contributed by atoms with E-state index in [4.69, 9.17) is 4.74 Å². The maximum Gasteiger partial charge on any atom is 0.302 e. The molecule has 2 aromatic carbocycles. The molecule has 166 valence electrons. The average molecular weight is 446 g/mol. The summed E-state index contributed by atoms with van der Waals surface area (Å²) in [5, 5.41) is 22.4. The highest BCUT2D eigenvalue weighted by molar-refractivity contribution is 6.51. The smallest absolute Gasteiger partial charge is 0.302 e. The van der Waals surface area contributed by atoms with Crippen molar-refractivity contribution < 1.29 is 24.4 Å². The number of aromatic nitrogens is 2. The molecule has 2 heterocycles. The predicted octanol–water partition coefficient (Wildman–Crippen LogP) is 3.41. The van der Waals surface area contributed by atoms with Crippen molar-refractivity contribution in [3.63, 3.8) is 0 Å². The largest absolute Gasteiger partial charge is 0.507 e. The lowest BCUT2D eigenvalue weighted by Crippen LogP contribution is -2.31. The second-order valence-corrected chi connectivity index (χ2v) is 7.03. The van der Waals surface area contributed by atoms with E-state index < -0.39 is 28.4 Å². The number of ketones is 1. The number of benzene rings is 2. The Morgan fingerprint density at radius 1 is 1.12 bits per heavy atom. The molecule has 0 aliphatic carbocycles. The number of nitrogens with zero attached hydrogens (tertiary/aromatic N) is 4. The Morgan fingerprint density at radius 3 is 2.45 bits per heavy atom. The minimum Gasteiger partial charge on any atom is -0.507 e. The average Bonchev–Trinajstić information content (AvgIpc) is 3.10. The van der Waals surface area contributed by atoms with Crippen molar-refractivity contribution in [2.45, 2.75) is 13.0 Å². The number of nitro benzene ring substituents is 1. The Kier molecular flexibility index (Phi) is 5.81. The molecule has 1 aromatic heterocycles. The van der Waals surface area contributed by atoms with Gasteiger partial charge in [-0.1, -0.05) is 12.1 Å². The second-order valence-electron chi connectivity index (χ2n) is 7.03. The Morgan fingerprint density at radius 2 is 1.82 bits per heavy atom. The molecular formula is C23H18N4O6. The molecule has 0 bridgehead atoms. The molecule has 0 radical (unpaired) electrons. The van der Waals surface area contributed by atoms with Crippen LogP contribution in [0.5, 0.6) is 5.75 Å². The normalized spacial score (nSPS) is 17.2. The first-order valence-electron chi connectivity index (χ1n) is 9.98. The van der Waals surface area contributed by atoms with Crippen LogP contribution in [0, 0.1) is 10.1 Å². The quantitative estimate of drug-likeness (QED) is 0.200. The van der Waals surface area contributed by atoms with E-state index in [1.807, 2.05) is 6.92 Å². The van der Waals surface area contributed by atoms with Crippen LogP contribution in [0.25, 0.3) is 5.76 Å². The Bertz CT molecular complexity index is 1260. The number of Topliss-reactive ketones (excluding diaryl/α,β-unsaturated/α-hetero) is 1. The van der Waals surface area contributed by atoms with E-state index in [0.29, 0.717) is 12.4 Å². The Labute approximate surface area is 187 Å². The van der Waals surface area contributed by atoms with E-state index in [9.17, 15) is 24.8 Å². The molecule has 4 rings (SSSR count). The van der Waals surface area contributed by atoms with Crippen LogP contribution < -0.4 is 9.64 Å². The highest BCUT2D eigenvalue weighted by atomic mass is 16.6. The topological polar surface area (TPSA) is 136 Å². The number of aliphatic hydroxyl groups is 1. The number of amides is 1. The van der Waals surface area contributed by atoms with Crippen molar-refractivity contribution in [1.82, 2.24) is 9.97 Å². The van der Waals surface area contributed by atoms with Gasteiger partial charge in [-0.2, -0.15) is 0 Å². The lowest BCUT2D eigenvalue weighted by atomic mass is 9.95.